The predicted molar refractivity (Wildman–Crippen MR) is 145 cm³/mol. The van der Waals surface area contributed by atoms with Gasteiger partial charge in [0.15, 0.2) is 5.65 Å². The Hall–Kier alpha value is -4.28. The molecule has 0 atom stereocenters. The van der Waals surface area contributed by atoms with Crippen LogP contribution in [0.2, 0.25) is 0 Å². The van der Waals surface area contributed by atoms with Crippen LogP contribution in [0.4, 0.5) is 18.9 Å². The number of fused-ring (bicyclic) bond motifs is 1. The third kappa shape index (κ3) is 6.64. The summed E-state index contributed by atoms with van der Waals surface area (Å²) in [4.78, 5) is 17.0. The molecule has 1 saturated carbocycles. The third-order valence-corrected chi connectivity index (χ3v) is 6.25. The van der Waals surface area contributed by atoms with E-state index in [2.05, 4.69) is 20.7 Å². The lowest BCUT2D eigenvalue weighted by Gasteiger charge is -2.14. The third-order valence-electron chi connectivity index (χ3n) is 6.25. The van der Waals surface area contributed by atoms with Crippen LogP contribution in [0.5, 0.6) is 17.4 Å². The molecule has 2 N–H and O–H groups in total. The van der Waals surface area contributed by atoms with E-state index in [1.807, 2.05) is 26.8 Å². The SMILES string of the molecule is Cc1cc(-c2cnc3c(NCCC(F)(F)F)cc(Oc4cccc(OC(C)C)c4)nn23)ccc1C(=O)NC1CC1. The zero-order valence-electron chi connectivity index (χ0n) is 22.4. The number of rotatable bonds is 10. The Morgan fingerprint density at radius 1 is 1.12 bits per heavy atom. The number of benzene rings is 2. The van der Waals surface area contributed by atoms with Crippen LogP contribution in [-0.4, -0.2) is 45.4 Å². The summed E-state index contributed by atoms with van der Waals surface area (Å²) < 4.78 is 51.8. The minimum Gasteiger partial charge on any atom is -0.491 e. The number of aryl methyl sites for hydroxylation is 1. The average molecular weight is 554 g/mol. The summed E-state index contributed by atoms with van der Waals surface area (Å²) in [5.41, 5.74) is 3.38. The fraction of sp³-hybridized carbons (Fsp3) is 0.345. The van der Waals surface area contributed by atoms with Gasteiger partial charge >= 0.3 is 6.18 Å². The van der Waals surface area contributed by atoms with Gasteiger partial charge in [-0.2, -0.15) is 13.2 Å². The standard InChI is InChI=1S/C29H30F3N5O3/c1-17(2)39-21-5-4-6-22(14-21)40-26-15-24(33-12-11-29(30,31)32)27-34-16-25(37(27)36-26)19-7-10-23(18(3)13-19)28(38)35-20-8-9-20/h4-7,10,13-17,20,33H,8-9,11-12H2,1-3H3,(H,35,38). The Bertz CT molecular complexity index is 1530. The van der Waals surface area contributed by atoms with Gasteiger partial charge in [0.25, 0.3) is 5.91 Å². The molecule has 11 heteroatoms. The van der Waals surface area contributed by atoms with Crippen LogP contribution in [-0.2, 0) is 0 Å². The van der Waals surface area contributed by atoms with Crippen molar-refractivity contribution in [3.63, 3.8) is 0 Å². The van der Waals surface area contributed by atoms with Gasteiger partial charge in [0.05, 0.1) is 30.1 Å². The molecule has 40 heavy (non-hydrogen) atoms. The van der Waals surface area contributed by atoms with Gasteiger partial charge in [-0.15, -0.1) is 5.10 Å². The normalized spacial score (nSPS) is 13.5. The Balaban J connectivity index is 1.49. The molecule has 0 spiro atoms. The predicted octanol–water partition coefficient (Wildman–Crippen LogP) is 6.54. The van der Waals surface area contributed by atoms with Crippen molar-refractivity contribution in [1.82, 2.24) is 19.9 Å². The van der Waals surface area contributed by atoms with Crippen LogP contribution in [0.3, 0.4) is 0 Å². The molecule has 0 bridgehead atoms. The van der Waals surface area contributed by atoms with Crippen molar-refractivity contribution in [3.8, 4) is 28.6 Å². The van der Waals surface area contributed by atoms with Crippen LogP contribution in [0.15, 0.2) is 54.7 Å². The number of hydrogen-bond acceptors (Lipinski definition) is 6. The van der Waals surface area contributed by atoms with Gasteiger partial charge < -0.3 is 20.1 Å². The Kier molecular flexibility index (Phi) is 7.55. The number of nitrogens with one attached hydrogen (secondary N) is 2. The van der Waals surface area contributed by atoms with Crippen molar-refractivity contribution in [2.45, 2.75) is 58.4 Å². The van der Waals surface area contributed by atoms with Crippen molar-refractivity contribution < 1.29 is 27.4 Å². The molecule has 5 rings (SSSR count). The highest BCUT2D eigenvalue weighted by Gasteiger charge is 2.27. The van der Waals surface area contributed by atoms with Crippen molar-refractivity contribution >= 4 is 17.2 Å². The molecular weight excluding hydrogens is 523 g/mol. The molecule has 4 aromatic rings. The van der Waals surface area contributed by atoms with Crippen LogP contribution < -0.4 is 20.1 Å². The van der Waals surface area contributed by atoms with Gasteiger partial charge in [-0.25, -0.2) is 9.50 Å². The molecule has 210 valence electrons. The minimum atomic E-state index is -4.31. The van der Waals surface area contributed by atoms with E-state index < -0.39 is 12.6 Å². The van der Waals surface area contributed by atoms with E-state index in [0.29, 0.717) is 34.1 Å². The summed E-state index contributed by atoms with van der Waals surface area (Å²) in [6.45, 7) is 5.34. The highest BCUT2D eigenvalue weighted by molar-refractivity contribution is 5.96. The topological polar surface area (TPSA) is 89.8 Å². The smallest absolute Gasteiger partial charge is 0.390 e. The van der Waals surface area contributed by atoms with Gasteiger partial charge in [-0.1, -0.05) is 12.1 Å². The molecule has 0 radical (unpaired) electrons. The highest BCUT2D eigenvalue weighted by Crippen LogP contribution is 2.31. The summed E-state index contributed by atoms with van der Waals surface area (Å²) in [5.74, 6) is 1.11. The number of carbonyl (C=O) groups excluding carboxylic acids is 1. The molecule has 1 aliphatic carbocycles. The number of ether oxygens (including phenoxy) is 2. The number of aromatic nitrogens is 3. The zero-order chi connectivity index (χ0) is 28.4. The van der Waals surface area contributed by atoms with E-state index in [9.17, 15) is 18.0 Å². The van der Waals surface area contributed by atoms with E-state index in [-0.39, 0.29) is 30.5 Å². The van der Waals surface area contributed by atoms with Crippen LogP contribution in [0.25, 0.3) is 16.9 Å². The maximum absolute atomic E-state index is 12.9. The molecule has 1 amide bonds. The summed E-state index contributed by atoms with van der Waals surface area (Å²) in [7, 11) is 0. The lowest BCUT2D eigenvalue weighted by Crippen LogP contribution is -2.26. The second kappa shape index (κ2) is 11.1. The first kappa shape index (κ1) is 27.3. The van der Waals surface area contributed by atoms with Crippen molar-refractivity contribution in [2.75, 3.05) is 11.9 Å². The van der Waals surface area contributed by atoms with Gasteiger partial charge in [0, 0.05) is 35.8 Å². The molecule has 2 aromatic heterocycles. The average Bonchev–Trinajstić information content (AvgIpc) is 3.58. The fourth-order valence-electron chi connectivity index (χ4n) is 4.23. The van der Waals surface area contributed by atoms with Crippen molar-refractivity contribution in [2.24, 2.45) is 0 Å². The molecule has 1 fully saturated rings. The number of amides is 1. The number of anilines is 1. The first-order chi connectivity index (χ1) is 19.1. The minimum absolute atomic E-state index is 0.0303. The summed E-state index contributed by atoms with van der Waals surface area (Å²) >= 11 is 0. The molecule has 0 unspecified atom stereocenters. The van der Waals surface area contributed by atoms with Crippen molar-refractivity contribution in [1.29, 1.82) is 0 Å². The van der Waals surface area contributed by atoms with Crippen LogP contribution in [0, 0.1) is 6.92 Å². The van der Waals surface area contributed by atoms with Gasteiger partial charge in [-0.3, -0.25) is 4.79 Å². The molecule has 0 saturated heterocycles. The van der Waals surface area contributed by atoms with E-state index in [1.165, 1.54) is 10.6 Å². The number of hydrogen-bond donors (Lipinski definition) is 2. The van der Waals surface area contributed by atoms with Crippen molar-refractivity contribution in [3.05, 3.63) is 65.9 Å². The lowest BCUT2D eigenvalue weighted by molar-refractivity contribution is -0.131. The van der Waals surface area contributed by atoms with E-state index >= 15 is 0 Å². The number of imidazole rings is 1. The summed E-state index contributed by atoms with van der Waals surface area (Å²) in [6.07, 6.45) is -1.76. The lowest BCUT2D eigenvalue weighted by atomic mass is 10.0. The number of carbonyl (C=O) groups is 1. The monoisotopic (exact) mass is 553 g/mol. The van der Waals surface area contributed by atoms with Gasteiger partial charge in [0.1, 0.15) is 11.5 Å². The van der Waals surface area contributed by atoms with Crippen LogP contribution in [0.1, 0.15) is 49.0 Å². The quantitative estimate of drug-likeness (QED) is 0.232. The maximum atomic E-state index is 12.9. The molecule has 1 aliphatic rings. The van der Waals surface area contributed by atoms with Crippen LogP contribution >= 0.6 is 0 Å². The second-order valence-electron chi connectivity index (χ2n) is 10.1. The molecule has 0 aliphatic heterocycles. The van der Waals surface area contributed by atoms with Gasteiger partial charge in [-0.05, 0) is 63.4 Å². The summed E-state index contributed by atoms with van der Waals surface area (Å²) in [6, 6.07) is 14.2. The fourth-order valence-corrected chi connectivity index (χ4v) is 4.23. The van der Waals surface area contributed by atoms with E-state index in [0.717, 1.165) is 24.0 Å². The molecule has 2 aromatic carbocycles. The van der Waals surface area contributed by atoms with Gasteiger partial charge in [0.2, 0.25) is 5.88 Å². The van der Waals surface area contributed by atoms with E-state index in [4.69, 9.17) is 9.47 Å². The first-order valence-corrected chi connectivity index (χ1v) is 13.1. The number of nitrogens with zero attached hydrogens (tertiary/aromatic N) is 3. The second-order valence-corrected chi connectivity index (χ2v) is 10.1. The molecule has 8 nitrogen and oxygen atoms in total. The Morgan fingerprint density at radius 2 is 1.90 bits per heavy atom. The maximum Gasteiger partial charge on any atom is 0.390 e. The number of halogens is 3. The van der Waals surface area contributed by atoms with E-state index in [1.54, 1.807) is 42.6 Å². The molecule has 2 heterocycles. The highest BCUT2D eigenvalue weighted by atomic mass is 19.4. The first-order valence-electron chi connectivity index (χ1n) is 13.1. The Morgan fingerprint density at radius 3 is 2.60 bits per heavy atom. The number of alkyl halides is 3. The molecular formula is C29H30F3N5O3. The Labute approximate surface area is 229 Å². The summed E-state index contributed by atoms with van der Waals surface area (Å²) in [5, 5.41) is 10.4. The largest absolute Gasteiger partial charge is 0.491 e. The zero-order valence-corrected chi connectivity index (χ0v) is 22.4.